The lowest BCUT2D eigenvalue weighted by Crippen LogP contribution is -2.46. The number of ether oxygens (including phenoxy) is 3. The summed E-state index contributed by atoms with van der Waals surface area (Å²) in [4.78, 5) is 18.8. The summed E-state index contributed by atoms with van der Waals surface area (Å²) in [5.41, 5.74) is 3.28. The van der Waals surface area contributed by atoms with Gasteiger partial charge in [-0.3, -0.25) is 4.90 Å². The molecule has 2 aliphatic rings. The van der Waals surface area contributed by atoms with Crippen LogP contribution < -0.4 is 4.74 Å². The Bertz CT molecular complexity index is 890. The van der Waals surface area contributed by atoms with Crippen LogP contribution in [0.4, 0.5) is 4.79 Å². The summed E-state index contributed by atoms with van der Waals surface area (Å²) in [6.45, 7) is 1.06. The molecule has 2 heterocycles. The van der Waals surface area contributed by atoms with E-state index in [1.165, 1.54) is 24.0 Å². The van der Waals surface area contributed by atoms with Crippen LogP contribution >= 0.6 is 11.3 Å². The molecule has 31 heavy (non-hydrogen) atoms. The van der Waals surface area contributed by atoms with Crippen molar-refractivity contribution in [3.8, 4) is 5.19 Å². The maximum Gasteiger partial charge on any atom is 0.410 e. The molecule has 1 unspecified atom stereocenters. The van der Waals surface area contributed by atoms with Crippen LogP contribution in [0.15, 0.2) is 41.8 Å². The van der Waals surface area contributed by atoms with E-state index in [1.807, 2.05) is 5.38 Å². The molecule has 1 aromatic heterocycles. The van der Waals surface area contributed by atoms with E-state index in [9.17, 15) is 4.79 Å². The van der Waals surface area contributed by atoms with Gasteiger partial charge in [-0.05, 0) is 49.2 Å². The average molecular weight is 443 g/mol. The fourth-order valence-electron chi connectivity index (χ4n) is 4.61. The minimum atomic E-state index is -0.325. The number of methoxy groups -OCH3 is 2. The van der Waals surface area contributed by atoms with Crippen LogP contribution in [0.2, 0.25) is 0 Å². The molecule has 166 valence electrons. The number of thiazole rings is 1. The molecule has 0 bridgehead atoms. The maximum absolute atomic E-state index is 12.4. The van der Waals surface area contributed by atoms with E-state index in [4.69, 9.17) is 14.2 Å². The second-order valence-corrected chi connectivity index (χ2v) is 8.87. The Morgan fingerprint density at radius 3 is 2.61 bits per heavy atom. The molecule has 6 nitrogen and oxygen atoms in total. The number of aromatic nitrogens is 1. The third kappa shape index (κ3) is 5.10. The lowest BCUT2D eigenvalue weighted by atomic mass is 9.83. The largest absolute Gasteiger partial charge is 0.473 e. The van der Waals surface area contributed by atoms with Gasteiger partial charge in [0.05, 0.1) is 38.7 Å². The summed E-state index contributed by atoms with van der Waals surface area (Å²) < 4.78 is 16.7. The lowest BCUT2D eigenvalue weighted by molar-refractivity contribution is 0.000163. The van der Waals surface area contributed by atoms with Gasteiger partial charge in [0, 0.05) is 11.9 Å². The number of nitrogens with zero attached hydrogens (tertiary/aromatic N) is 2. The van der Waals surface area contributed by atoms with Gasteiger partial charge in [0.15, 0.2) is 0 Å². The monoisotopic (exact) mass is 442 g/mol. The van der Waals surface area contributed by atoms with Crippen LogP contribution in [0.5, 0.6) is 5.19 Å². The number of benzene rings is 1. The predicted molar refractivity (Wildman–Crippen MR) is 122 cm³/mol. The molecule has 4 rings (SSSR count). The Hall–Kier alpha value is -2.38. The van der Waals surface area contributed by atoms with Gasteiger partial charge in [-0.1, -0.05) is 47.7 Å². The fourth-order valence-corrected chi connectivity index (χ4v) is 5.26. The Morgan fingerprint density at radius 1 is 1.16 bits per heavy atom. The minimum Gasteiger partial charge on any atom is -0.473 e. The number of hydrogen-bond donors (Lipinski definition) is 0. The highest BCUT2D eigenvalue weighted by atomic mass is 32.1. The molecule has 0 N–H and O–H groups in total. The first-order chi connectivity index (χ1) is 15.2. The van der Waals surface area contributed by atoms with Crippen LogP contribution in [0.3, 0.4) is 0 Å². The first-order valence-corrected chi connectivity index (χ1v) is 11.8. The molecule has 1 aliphatic heterocycles. The highest BCUT2D eigenvalue weighted by Gasteiger charge is 2.33. The fraction of sp³-hybridized carbons (Fsp3) is 0.500. The van der Waals surface area contributed by atoms with Gasteiger partial charge in [-0.15, -0.1) is 0 Å². The normalized spacial score (nSPS) is 23.9. The quantitative estimate of drug-likeness (QED) is 0.621. The van der Waals surface area contributed by atoms with E-state index in [2.05, 4.69) is 41.4 Å². The molecule has 1 atom stereocenters. The van der Waals surface area contributed by atoms with Crippen LogP contribution in [-0.4, -0.2) is 55.5 Å². The number of rotatable bonds is 6. The predicted octanol–water partition coefficient (Wildman–Crippen LogP) is 5.12. The average Bonchev–Trinajstić information content (AvgIpc) is 3.32. The number of carbonyl (C=O) groups is 1. The second-order valence-electron chi connectivity index (χ2n) is 8.05. The third-order valence-electron chi connectivity index (χ3n) is 6.27. The van der Waals surface area contributed by atoms with Crippen LogP contribution in [0, 0.1) is 0 Å². The van der Waals surface area contributed by atoms with Crippen molar-refractivity contribution in [2.24, 2.45) is 0 Å². The van der Waals surface area contributed by atoms with Crippen LogP contribution in [0.1, 0.15) is 49.3 Å². The van der Waals surface area contributed by atoms with Gasteiger partial charge in [0.25, 0.3) is 5.19 Å². The van der Waals surface area contributed by atoms with Gasteiger partial charge in [0.1, 0.15) is 0 Å². The number of carbonyl (C=O) groups excluding carboxylic acids is 1. The zero-order valence-corrected chi connectivity index (χ0v) is 19.0. The van der Waals surface area contributed by atoms with Crippen molar-refractivity contribution >= 4 is 23.0 Å². The summed E-state index contributed by atoms with van der Waals surface area (Å²) in [6.07, 6.45) is 7.15. The maximum atomic E-state index is 12.4. The van der Waals surface area contributed by atoms with Crippen molar-refractivity contribution in [3.05, 3.63) is 53.0 Å². The number of amides is 1. The molecule has 1 saturated carbocycles. The van der Waals surface area contributed by atoms with E-state index in [-0.39, 0.29) is 18.2 Å². The van der Waals surface area contributed by atoms with Crippen molar-refractivity contribution in [1.29, 1.82) is 0 Å². The second kappa shape index (κ2) is 10.3. The van der Waals surface area contributed by atoms with E-state index < -0.39 is 0 Å². The van der Waals surface area contributed by atoms with Gasteiger partial charge in [-0.2, -0.15) is 0 Å². The summed E-state index contributed by atoms with van der Waals surface area (Å²) in [5.74, 6) is 0.611. The zero-order valence-electron chi connectivity index (χ0n) is 18.2. The highest BCUT2D eigenvalue weighted by molar-refractivity contribution is 7.11. The van der Waals surface area contributed by atoms with Crippen molar-refractivity contribution < 1.29 is 19.0 Å². The van der Waals surface area contributed by atoms with E-state index >= 15 is 0 Å². The molecule has 0 saturated heterocycles. The topological polar surface area (TPSA) is 60.9 Å². The van der Waals surface area contributed by atoms with E-state index in [1.54, 1.807) is 12.0 Å². The molecule has 1 aliphatic carbocycles. The Kier molecular flexibility index (Phi) is 7.25. The standard InChI is InChI=1S/C24H30N2O4S/c1-28-23-25-21(16-31-23)20-9-6-14-26(24(27)29-2)22(20)15-30-19-12-10-18(11-13-19)17-7-4-3-5-8-17/h3-5,7-9,16,18-19,22H,6,10-15H2,1-2H3. The molecular formula is C24H30N2O4S. The first kappa shape index (κ1) is 21.8. The molecule has 1 amide bonds. The number of hydrogen-bond acceptors (Lipinski definition) is 6. The van der Waals surface area contributed by atoms with E-state index in [0.717, 1.165) is 43.4 Å². The smallest absolute Gasteiger partial charge is 0.410 e. The molecule has 1 fully saturated rings. The molecular weight excluding hydrogens is 412 g/mol. The van der Waals surface area contributed by atoms with Gasteiger partial charge < -0.3 is 14.2 Å². The highest BCUT2D eigenvalue weighted by Crippen LogP contribution is 2.35. The van der Waals surface area contributed by atoms with Crippen molar-refractivity contribution in [3.63, 3.8) is 0 Å². The zero-order chi connectivity index (χ0) is 21.6. The summed E-state index contributed by atoms with van der Waals surface area (Å²) >= 11 is 1.46. The van der Waals surface area contributed by atoms with Gasteiger partial charge in [0.2, 0.25) is 0 Å². The van der Waals surface area contributed by atoms with Crippen molar-refractivity contribution in [2.45, 2.75) is 50.2 Å². The molecule has 7 heteroatoms. The van der Waals surface area contributed by atoms with Crippen LogP contribution in [0.25, 0.3) is 5.57 Å². The van der Waals surface area contributed by atoms with Gasteiger partial charge in [-0.25, -0.2) is 9.78 Å². The van der Waals surface area contributed by atoms with Crippen molar-refractivity contribution in [1.82, 2.24) is 9.88 Å². The molecule has 0 radical (unpaired) electrons. The Labute approximate surface area is 187 Å². The lowest BCUT2D eigenvalue weighted by Gasteiger charge is -2.36. The van der Waals surface area contributed by atoms with Gasteiger partial charge >= 0.3 is 6.09 Å². The van der Waals surface area contributed by atoms with E-state index in [0.29, 0.717) is 24.3 Å². The summed E-state index contributed by atoms with van der Waals surface area (Å²) in [7, 11) is 3.04. The molecule has 1 aromatic carbocycles. The molecule has 0 spiro atoms. The Balaban J connectivity index is 1.41. The molecule has 2 aromatic rings. The first-order valence-electron chi connectivity index (χ1n) is 10.9. The summed E-state index contributed by atoms with van der Waals surface area (Å²) in [6, 6.07) is 10.5. The minimum absolute atomic E-state index is 0.208. The third-order valence-corrected chi connectivity index (χ3v) is 7.07. The van der Waals surface area contributed by atoms with Crippen molar-refractivity contribution in [2.75, 3.05) is 27.4 Å². The SMILES string of the molecule is COC(=O)N1CCC=C(c2csc(OC)n2)C1COC1CCC(c2ccccc2)CC1. The van der Waals surface area contributed by atoms with Crippen LogP contribution in [-0.2, 0) is 9.47 Å². The summed E-state index contributed by atoms with van der Waals surface area (Å²) in [5, 5.41) is 2.59. The Morgan fingerprint density at radius 2 is 1.94 bits per heavy atom.